The van der Waals surface area contributed by atoms with E-state index in [1.807, 2.05) is 93.6 Å². The van der Waals surface area contributed by atoms with Crippen LogP contribution in [0.25, 0.3) is 17.1 Å². The van der Waals surface area contributed by atoms with E-state index in [9.17, 15) is 28.8 Å². The highest BCUT2D eigenvalue weighted by atomic mass is 32.1. The molecule has 3 aliphatic rings. The number of benzene rings is 6. The molecule has 90 heavy (non-hydrogen) atoms. The van der Waals surface area contributed by atoms with Gasteiger partial charge in [-0.2, -0.15) is 32.1 Å². The molecule has 22 nitrogen and oxygen atoms in total. The van der Waals surface area contributed by atoms with Gasteiger partial charge >= 0.3 is 23.1 Å². The van der Waals surface area contributed by atoms with Crippen LogP contribution in [0.1, 0.15) is 151 Å². The van der Waals surface area contributed by atoms with E-state index in [0.717, 1.165) is 55.2 Å². The van der Waals surface area contributed by atoms with Crippen molar-refractivity contribution < 1.29 is 45.6 Å². The Hall–Kier alpha value is -10.6. The summed E-state index contributed by atoms with van der Waals surface area (Å²) >= 11 is -1.50. The van der Waals surface area contributed by atoms with Crippen LogP contribution >= 0.6 is 0 Å². The Morgan fingerprint density at radius 1 is 0.367 bits per heavy atom. The zero-order valence-corrected chi connectivity index (χ0v) is 51.8. The van der Waals surface area contributed by atoms with Gasteiger partial charge in [-0.15, -0.1) is 0 Å². The van der Waals surface area contributed by atoms with Crippen LogP contribution in [-0.4, -0.2) is 99.4 Å². The number of carbonyl (C=O) groups is 6. The normalized spacial score (nSPS) is 12.7. The van der Waals surface area contributed by atoms with E-state index in [2.05, 4.69) is 31.2 Å². The number of nitrogens with one attached hydrogen (secondary N) is 3. The lowest BCUT2D eigenvalue weighted by Gasteiger charge is -2.11. The van der Waals surface area contributed by atoms with Crippen LogP contribution in [-0.2, 0) is 23.1 Å². The highest BCUT2D eigenvalue weighted by Crippen LogP contribution is 2.31. The number of aryl methyl sites for hydroxylation is 6. The highest BCUT2D eigenvalue weighted by Gasteiger charge is 2.29. The van der Waals surface area contributed by atoms with Crippen molar-refractivity contribution in [1.82, 2.24) is 45.3 Å². The van der Waals surface area contributed by atoms with E-state index in [1.54, 1.807) is 108 Å². The maximum Gasteiger partial charge on any atom is 0.335 e. The number of nitrogens with two attached hydrogens (primary N) is 3. The van der Waals surface area contributed by atoms with Gasteiger partial charge in [0.25, 0.3) is 17.7 Å². The van der Waals surface area contributed by atoms with E-state index < -0.39 is 23.1 Å². The molecular formula is C66H66N12O10S2. The molecule has 0 radical (unpaired) electrons. The van der Waals surface area contributed by atoms with Gasteiger partial charge in [-0.3, -0.25) is 28.8 Å². The summed E-state index contributed by atoms with van der Waals surface area (Å²) in [4.78, 5) is 76.0. The third kappa shape index (κ3) is 15.7. The Labute approximate surface area is 525 Å². The fourth-order valence-corrected chi connectivity index (χ4v) is 9.66. The Morgan fingerprint density at radius 3 is 0.800 bits per heavy atom. The Balaban J connectivity index is 0.000000167. The van der Waals surface area contributed by atoms with Crippen molar-refractivity contribution in [2.24, 2.45) is 0 Å². The number of rotatable bonds is 15. The monoisotopic (exact) mass is 1250 g/mol. The van der Waals surface area contributed by atoms with Crippen LogP contribution in [0.5, 0.6) is 0 Å². The van der Waals surface area contributed by atoms with Gasteiger partial charge in [-0.1, -0.05) is 109 Å². The number of ketones is 3. The molecule has 12 rings (SSSR count). The largest absolute Gasteiger partial charge is 0.383 e. The fraction of sp³-hybridized carbons (Fsp3) is 0.227. The molecular weight excluding hydrogens is 1180 g/mol. The SMILES string of the molecule is Cc1ccc(C(=O)NC2CC2)cc1-n1nc(C)c(C(=O)c2ccccc2)c1N.Cc1ccc(C(=O)NC2CC2)cc1-n1nc(C)c(C(=O)c2ccccc2)c1N.Cc1ccc(C(=O)NC2CC2)cc1-n1nc(C)c(C(=O)c2ccccc2)c1N.O=S=O.O=S=O. The summed E-state index contributed by atoms with van der Waals surface area (Å²) in [5.41, 5.74) is 30.0. The molecule has 9 aromatic rings. The second kappa shape index (κ2) is 29.4. The number of hydrogen-bond donors (Lipinski definition) is 6. The van der Waals surface area contributed by atoms with Gasteiger partial charge in [-0.05, 0) is 133 Å². The summed E-state index contributed by atoms with van der Waals surface area (Å²) in [6.07, 6.45) is 6.17. The summed E-state index contributed by atoms with van der Waals surface area (Å²) < 4.78 is 37.8. The Kier molecular flexibility index (Phi) is 21.4. The molecule has 9 N–H and O–H groups in total. The molecule has 0 bridgehead atoms. The van der Waals surface area contributed by atoms with E-state index in [0.29, 0.717) is 84.2 Å². The molecule has 0 saturated heterocycles. The first-order chi connectivity index (χ1) is 43.2. The number of aromatic nitrogens is 6. The van der Waals surface area contributed by atoms with Crippen molar-refractivity contribution in [2.45, 2.75) is 98.2 Å². The van der Waals surface area contributed by atoms with Crippen molar-refractivity contribution in [2.75, 3.05) is 17.2 Å². The molecule has 0 atom stereocenters. The minimum absolute atomic E-state index is 0.105. The Bertz CT molecular complexity index is 3830. The minimum Gasteiger partial charge on any atom is -0.383 e. The van der Waals surface area contributed by atoms with Crippen LogP contribution in [0, 0.1) is 41.5 Å². The molecule has 0 spiro atoms. The summed E-state index contributed by atoms with van der Waals surface area (Å²) in [5, 5.41) is 22.5. The van der Waals surface area contributed by atoms with Crippen molar-refractivity contribution >= 4 is 75.7 Å². The standard InChI is InChI=1S/3C22H22N4O2.2O2S/c3*1-13-8-9-16(22(28)24-17-10-11-17)12-18(13)26-21(23)19(14(2)25-26)20(27)15-6-4-3-5-7-15;2*1-3-2/h3*3-9,12,17H,10-11,23H2,1-2H3,(H,24,28);;. The van der Waals surface area contributed by atoms with E-state index in [1.165, 1.54) is 0 Å². The van der Waals surface area contributed by atoms with E-state index >= 15 is 0 Å². The molecule has 3 aliphatic carbocycles. The molecule has 24 heteroatoms. The summed E-state index contributed by atoms with van der Waals surface area (Å²) in [5.74, 6) is 0.00868. The first kappa shape index (κ1) is 65.4. The zero-order chi connectivity index (χ0) is 64.9. The van der Waals surface area contributed by atoms with Crippen LogP contribution in [0.3, 0.4) is 0 Å². The van der Waals surface area contributed by atoms with Crippen molar-refractivity contribution in [3.63, 3.8) is 0 Å². The quantitative estimate of drug-likeness (QED) is 0.0526. The van der Waals surface area contributed by atoms with Crippen LogP contribution in [0.2, 0.25) is 0 Å². The van der Waals surface area contributed by atoms with Crippen LogP contribution in [0.4, 0.5) is 17.5 Å². The number of hydrogen-bond acceptors (Lipinski definition) is 16. The van der Waals surface area contributed by atoms with E-state index in [-0.39, 0.29) is 70.7 Å². The lowest BCUT2D eigenvalue weighted by molar-refractivity contribution is 0.0942. The molecule has 0 aliphatic heterocycles. The number of anilines is 3. The maximum atomic E-state index is 12.9. The number of nitrogen functional groups attached to an aromatic ring is 3. The number of amides is 3. The lowest BCUT2D eigenvalue weighted by Crippen LogP contribution is -2.25. The predicted molar refractivity (Wildman–Crippen MR) is 341 cm³/mol. The highest BCUT2D eigenvalue weighted by molar-refractivity contribution is 7.52. The lowest BCUT2D eigenvalue weighted by atomic mass is 10.0. The van der Waals surface area contributed by atoms with Gasteiger partial charge in [0, 0.05) is 51.5 Å². The second-order valence-corrected chi connectivity index (χ2v) is 22.0. The van der Waals surface area contributed by atoms with Crippen LogP contribution < -0.4 is 33.2 Å². The van der Waals surface area contributed by atoms with Crippen molar-refractivity contribution in [1.29, 1.82) is 0 Å². The third-order valence-electron chi connectivity index (χ3n) is 14.9. The molecule has 0 unspecified atom stereocenters. The maximum absolute atomic E-state index is 12.9. The summed E-state index contributed by atoms with van der Waals surface area (Å²) in [7, 11) is 0. The fourth-order valence-electron chi connectivity index (χ4n) is 9.66. The average molecular weight is 1250 g/mol. The van der Waals surface area contributed by atoms with Crippen molar-refractivity contribution in [3.8, 4) is 17.1 Å². The van der Waals surface area contributed by atoms with Crippen molar-refractivity contribution in [3.05, 3.63) is 229 Å². The first-order valence-electron chi connectivity index (χ1n) is 28.6. The first-order valence-corrected chi connectivity index (χ1v) is 30.0. The molecule has 3 aromatic heterocycles. The third-order valence-corrected chi connectivity index (χ3v) is 14.9. The molecule has 3 saturated carbocycles. The van der Waals surface area contributed by atoms with Gasteiger partial charge in [0.1, 0.15) is 17.5 Å². The molecule has 3 fully saturated rings. The number of nitrogens with zero attached hydrogens (tertiary/aromatic N) is 6. The topological polar surface area (TPSA) is 338 Å². The molecule has 6 aromatic carbocycles. The zero-order valence-electron chi connectivity index (χ0n) is 50.1. The summed E-state index contributed by atoms with van der Waals surface area (Å²) in [6, 6.07) is 44.1. The molecule has 3 amide bonds. The van der Waals surface area contributed by atoms with Gasteiger partial charge in [-0.25, -0.2) is 14.0 Å². The average Bonchev–Trinajstić information content (AvgIpc) is 1.85. The van der Waals surface area contributed by atoms with Crippen LogP contribution in [0.15, 0.2) is 146 Å². The van der Waals surface area contributed by atoms with Gasteiger partial charge in [0.05, 0.1) is 50.8 Å². The molecule has 3 heterocycles. The summed E-state index contributed by atoms with van der Waals surface area (Å²) in [6.45, 7) is 11.1. The van der Waals surface area contributed by atoms with E-state index in [4.69, 9.17) is 34.0 Å². The predicted octanol–water partition coefficient (Wildman–Crippen LogP) is 8.24. The van der Waals surface area contributed by atoms with Gasteiger partial charge in [0.15, 0.2) is 17.3 Å². The minimum atomic E-state index is -0.750. The number of carbonyl (C=O) groups excluding carboxylic acids is 6. The van der Waals surface area contributed by atoms with Gasteiger partial charge < -0.3 is 33.2 Å². The second-order valence-electron chi connectivity index (χ2n) is 21.7. The molecule has 462 valence electrons. The van der Waals surface area contributed by atoms with Gasteiger partial charge in [0.2, 0.25) is 0 Å². The smallest absolute Gasteiger partial charge is 0.335 e. The Morgan fingerprint density at radius 2 is 0.589 bits per heavy atom.